The van der Waals surface area contributed by atoms with Gasteiger partial charge in [0, 0.05) is 18.0 Å². The van der Waals surface area contributed by atoms with Gasteiger partial charge in [-0.25, -0.2) is 9.18 Å². The summed E-state index contributed by atoms with van der Waals surface area (Å²) in [4.78, 5) is 23.5. The molecule has 0 bridgehead atoms. The summed E-state index contributed by atoms with van der Waals surface area (Å²) < 4.78 is 48.3. The fourth-order valence-electron chi connectivity index (χ4n) is 2.50. The number of benzene rings is 1. The Balaban J connectivity index is 2.13. The number of amides is 1. The van der Waals surface area contributed by atoms with Gasteiger partial charge in [-0.05, 0) is 39.7 Å². The maximum Gasteiger partial charge on any atom is 0.407 e. The number of alkyl halides is 2. The third-order valence-electron chi connectivity index (χ3n) is 4.02. The molecule has 1 aromatic carbocycles. The first-order chi connectivity index (χ1) is 11.5. The van der Waals surface area contributed by atoms with Crippen molar-refractivity contribution in [1.82, 2.24) is 5.32 Å². The van der Waals surface area contributed by atoms with Crippen LogP contribution < -0.4 is 5.32 Å². The van der Waals surface area contributed by atoms with Crippen LogP contribution in [0.4, 0.5) is 18.0 Å². The zero-order valence-corrected chi connectivity index (χ0v) is 14.5. The van der Waals surface area contributed by atoms with Crippen molar-refractivity contribution >= 4 is 11.9 Å². The van der Waals surface area contributed by atoms with Gasteiger partial charge in [0.25, 0.3) is 0 Å². The van der Waals surface area contributed by atoms with Crippen molar-refractivity contribution in [2.45, 2.75) is 58.1 Å². The lowest BCUT2D eigenvalue weighted by Crippen LogP contribution is -2.37. The molecule has 0 saturated heterocycles. The van der Waals surface area contributed by atoms with Crippen LogP contribution in [0.5, 0.6) is 0 Å². The Morgan fingerprint density at radius 1 is 1.24 bits per heavy atom. The molecule has 0 unspecified atom stereocenters. The van der Waals surface area contributed by atoms with Crippen LogP contribution in [0.15, 0.2) is 18.2 Å². The molecule has 138 valence electrons. The molecule has 0 aromatic heterocycles. The van der Waals surface area contributed by atoms with Gasteiger partial charge in [-0.1, -0.05) is 18.6 Å². The van der Waals surface area contributed by atoms with E-state index in [0.717, 1.165) is 12.5 Å². The van der Waals surface area contributed by atoms with Gasteiger partial charge in [-0.15, -0.1) is 0 Å². The van der Waals surface area contributed by atoms with Crippen LogP contribution >= 0.6 is 0 Å². The number of carbonyl (C=O) groups is 2. The lowest BCUT2D eigenvalue weighted by atomic mass is 9.78. The van der Waals surface area contributed by atoms with E-state index < -0.39 is 40.7 Å². The third kappa shape index (κ3) is 4.52. The monoisotopic (exact) mass is 357 g/mol. The van der Waals surface area contributed by atoms with Crippen molar-refractivity contribution in [3.63, 3.8) is 0 Å². The number of hydrogen-bond donors (Lipinski definition) is 1. The molecule has 0 radical (unpaired) electrons. The van der Waals surface area contributed by atoms with Crippen LogP contribution in [-0.4, -0.2) is 17.5 Å². The quantitative estimate of drug-likeness (QED) is 0.854. The van der Waals surface area contributed by atoms with Crippen LogP contribution in [0.2, 0.25) is 0 Å². The van der Waals surface area contributed by atoms with Crippen LogP contribution in [0, 0.1) is 11.7 Å². The summed E-state index contributed by atoms with van der Waals surface area (Å²) in [6.07, 6.45) is 0.773. The zero-order valence-electron chi connectivity index (χ0n) is 14.5. The number of ether oxygens (including phenoxy) is 1. The Hall–Kier alpha value is -2.05. The van der Waals surface area contributed by atoms with E-state index >= 15 is 0 Å². The maximum absolute atomic E-state index is 14.5. The molecule has 0 spiro atoms. The molecule has 1 fully saturated rings. The topological polar surface area (TPSA) is 55.4 Å². The highest BCUT2D eigenvalue weighted by Crippen LogP contribution is 2.40. The van der Waals surface area contributed by atoms with Crippen molar-refractivity contribution < 1.29 is 27.5 Å². The molecule has 1 N–H and O–H groups in total. The van der Waals surface area contributed by atoms with Crippen molar-refractivity contribution in [3.8, 4) is 0 Å². The van der Waals surface area contributed by atoms with Gasteiger partial charge < -0.3 is 10.1 Å². The summed E-state index contributed by atoms with van der Waals surface area (Å²) >= 11 is 0. The molecule has 1 saturated carbocycles. The first-order valence-electron chi connectivity index (χ1n) is 8.19. The van der Waals surface area contributed by atoms with Gasteiger partial charge in [0.2, 0.25) is 5.78 Å². The Morgan fingerprint density at radius 2 is 1.88 bits per heavy atom. The molecule has 0 heterocycles. The molecule has 4 nitrogen and oxygen atoms in total. The first kappa shape index (κ1) is 19.3. The predicted molar refractivity (Wildman–Crippen MR) is 85.7 cm³/mol. The lowest BCUT2D eigenvalue weighted by Gasteiger charge is -2.28. The molecular formula is C18H22F3NO3. The summed E-state index contributed by atoms with van der Waals surface area (Å²) in [6.45, 7) is 4.68. The third-order valence-corrected chi connectivity index (χ3v) is 4.02. The van der Waals surface area contributed by atoms with E-state index in [1.165, 1.54) is 12.1 Å². The minimum atomic E-state index is -3.88. The second-order valence-electron chi connectivity index (χ2n) is 7.20. The molecule has 1 amide bonds. The second kappa shape index (κ2) is 7.06. The summed E-state index contributed by atoms with van der Waals surface area (Å²) in [6, 6.07) is 3.43. The Morgan fingerprint density at radius 3 is 2.40 bits per heavy atom. The minimum Gasteiger partial charge on any atom is -0.444 e. The van der Waals surface area contributed by atoms with Crippen LogP contribution in [-0.2, 0) is 22.0 Å². The van der Waals surface area contributed by atoms with E-state index in [-0.39, 0.29) is 12.1 Å². The molecule has 0 aliphatic heterocycles. The van der Waals surface area contributed by atoms with Crippen LogP contribution in [0.1, 0.15) is 51.2 Å². The lowest BCUT2D eigenvalue weighted by molar-refractivity contribution is -0.152. The van der Waals surface area contributed by atoms with Crippen LogP contribution in [0.3, 0.4) is 0 Å². The van der Waals surface area contributed by atoms with Crippen molar-refractivity contribution in [2.75, 3.05) is 0 Å². The standard InChI is InChI=1S/C18H22F3NO3/c1-17(2,3)25-16(24)22-10-12-8-5-9-13(14(12)19)18(20,21)15(23)11-6-4-7-11/h5,8-9,11H,4,6-7,10H2,1-3H3,(H,22,24). The van der Waals surface area contributed by atoms with Crippen molar-refractivity contribution in [1.29, 1.82) is 0 Å². The number of nitrogens with one attached hydrogen (secondary N) is 1. The smallest absolute Gasteiger partial charge is 0.407 e. The number of carbonyl (C=O) groups excluding carboxylic acids is 2. The normalized spacial score (nSPS) is 15.4. The van der Waals surface area contributed by atoms with Gasteiger partial charge >= 0.3 is 12.0 Å². The summed E-state index contributed by atoms with van der Waals surface area (Å²) in [5.41, 5.74) is -1.82. The van der Waals surface area contributed by atoms with Gasteiger partial charge in [-0.2, -0.15) is 8.78 Å². The Bertz CT molecular complexity index is 664. The fraction of sp³-hybridized carbons (Fsp3) is 0.556. The number of Topliss-reactive ketones (excluding diaryl/α,β-unsaturated/α-hetero) is 1. The molecule has 1 aliphatic carbocycles. The van der Waals surface area contributed by atoms with E-state index in [4.69, 9.17) is 4.74 Å². The number of halogens is 3. The molecule has 7 heteroatoms. The molecular weight excluding hydrogens is 335 g/mol. The minimum absolute atomic E-state index is 0.135. The zero-order chi connectivity index (χ0) is 18.8. The molecule has 25 heavy (non-hydrogen) atoms. The van der Waals surface area contributed by atoms with Gasteiger partial charge in [0.15, 0.2) is 0 Å². The SMILES string of the molecule is CC(C)(C)OC(=O)NCc1cccc(C(F)(F)C(=O)C2CCC2)c1F. The number of ketones is 1. The number of hydrogen-bond acceptors (Lipinski definition) is 3. The fourth-order valence-corrected chi connectivity index (χ4v) is 2.50. The number of rotatable bonds is 5. The summed E-state index contributed by atoms with van der Waals surface area (Å²) in [5, 5.41) is 2.32. The summed E-state index contributed by atoms with van der Waals surface area (Å²) in [5.74, 6) is -7.01. The molecule has 2 rings (SSSR count). The highest BCUT2D eigenvalue weighted by molar-refractivity contribution is 5.89. The predicted octanol–water partition coefficient (Wildman–Crippen LogP) is 4.31. The summed E-state index contributed by atoms with van der Waals surface area (Å²) in [7, 11) is 0. The maximum atomic E-state index is 14.5. The Labute approximate surface area is 144 Å². The van der Waals surface area contributed by atoms with Gasteiger partial charge in [-0.3, -0.25) is 4.79 Å². The van der Waals surface area contributed by atoms with Crippen molar-refractivity contribution in [3.05, 3.63) is 35.1 Å². The van der Waals surface area contributed by atoms with E-state index in [1.54, 1.807) is 20.8 Å². The average molecular weight is 357 g/mol. The van der Waals surface area contributed by atoms with Gasteiger partial charge in [0.1, 0.15) is 11.4 Å². The molecule has 1 aliphatic rings. The van der Waals surface area contributed by atoms with Crippen LogP contribution in [0.25, 0.3) is 0 Å². The highest BCUT2D eigenvalue weighted by Gasteiger charge is 2.47. The molecule has 0 atom stereocenters. The first-order valence-corrected chi connectivity index (χ1v) is 8.19. The van der Waals surface area contributed by atoms with Gasteiger partial charge in [0.05, 0.1) is 5.56 Å². The van der Waals surface area contributed by atoms with E-state index in [1.807, 2.05) is 0 Å². The Kier molecular flexibility index (Phi) is 5.44. The second-order valence-corrected chi connectivity index (χ2v) is 7.20. The highest BCUT2D eigenvalue weighted by atomic mass is 19.3. The molecule has 1 aromatic rings. The van der Waals surface area contributed by atoms with E-state index in [2.05, 4.69) is 5.32 Å². The van der Waals surface area contributed by atoms with Crippen molar-refractivity contribution in [2.24, 2.45) is 5.92 Å². The number of alkyl carbamates (subject to hydrolysis) is 1. The average Bonchev–Trinajstić information content (AvgIpc) is 2.42. The van der Waals surface area contributed by atoms with E-state index in [0.29, 0.717) is 12.8 Å². The largest absolute Gasteiger partial charge is 0.444 e. The van der Waals surface area contributed by atoms with E-state index in [9.17, 15) is 22.8 Å².